The van der Waals surface area contributed by atoms with Crippen LogP contribution in [0.5, 0.6) is 5.75 Å². The van der Waals surface area contributed by atoms with E-state index in [0.29, 0.717) is 19.5 Å². The second-order valence-electron chi connectivity index (χ2n) is 5.56. The lowest BCUT2D eigenvalue weighted by Gasteiger charge is -2.24. The zero-order valence-corrected chi connectivity index (χ0v) is 13.0. The number of carboxylic acids is 1. The van der Waals surface area contributed by atoms with Gasteiger partial charge in [-0.3, -0.25) is 14.5 Å². The van der Waals surface area contributed by atoms with Gasteiger partial charge < -0.3 is 14.7 Å². The van der Waals surface area contributed by atoms with Crippen molar-refractivity contribution in [1.82, 2.24) is 9.80 Å². The second-order valence-corrected chi connectivity index (χ2v) is 5.56. The van der Waals surface area contributed by atoms with E-state index in [9.17, 15) is 9.59 Å². The summed E-state index contributed by atoms with van der Waals surface area (Å²) in [6.45, 7) is 1.32. The molecule has 1 aliphatic rings. The third-order valence-electron chi connectivity index (χ3n) is 3.99. The van der Waals surface area contributed by atoms with Crippen LogP contribution >= 0.6 is 0 Å². The van der Waals surface area contributed by atoms with Crippen molar-refractivity contribution in [2.45, 2.75) is 25.4 Å². The number of carbonyl (C=O) groups is 2. The van der Waals surface area contributed by atoms with Gasteiger partial charge in [-0.25, -0.2) is 0 Å². The molecule has 0 spiro atoms. The number of likely N-dealkylation sites (tertiary alicyclic amines) is 1. The standard InChI is InChI=1S/C16H22N2O4/c1-17(10-12-5-7-13(22-2)8-6-12)15(19)11-18-9-3-4-14(18)16(20)21/h5-8,14H,3-4,9-11H2,1-2H3,(H,20,21). The van der Waals surface area contributed by atoms with Gasteiger partial charge in [0.25, 0.3) is 0 Å². The van der Waals surface area contributed by atoms with Crippen LogP contribution in [-0.4, -0.2) is 60.1 Å². The van der Waals surface area contributed by atoms with Gasteiger partial charge in [0.05, 0.1) is 13.7 Å². The maximum absolute atomic E-state index is 12.3. The molecule has 0 radical (unpaired) electrons. The predicted molar refractivity (Wildman–Crippen MR) is 81.7 cm³/mol. The number of likely N-dealkylation sites (N-methyl/N-ethyl adjacent to an activating group) is 1. The van der Waals surface area contributed by atoms with Gasteiger partial charge in [0, 0.05) is 13.6 Å². The fourth-order valence-electron chi connectivity index (χ4n) is 2.68. The lowest BCUT2D eigenvalue weighted by atomic mass is 10.2. The highest BCUT2D eigenvalue weighted by Crippen LogP contribution is 2.18. The summed E-state index contributed by atoms with van der Waals surface area (Å²) in [4.78, 5) is 26.8. The number of nitrogens with zero attached hydrogens (tertiary/aromatic N) is 2. The molecular weight excluding hydrogens is 284 g/mol. The highest BCUT2D eigenvalue weighted by molar-refractivity contribution is 5.80. The minimum Gasteiger partial charge on any atom is -0.497 e. The summed E-state index contributed by atoms with van der Waals surface area (Å²) >= 11 is 0. The molecule has 0 aromatic heterocycles. The number of amides is 1. The molecule has 6 nitrogen and oxygen atoms in total. The van der Waals surface area contributed by atoms with E-state index in [1.54, 1.807) is 24.0 Å². The van der Waals surface area contributed by atoms with E-state index in [-0.39, 0.29) is 12.5 Å². The molecule has 22 heavy (non-hydrogen) atoms. The second kappa shape index (κ2) is 7.26. The van der Waals surface area contributed by atoms with E-state index in [4.69, 9.17) is 9.84 Å². The molecule has 1 unspecified atom stereocenters. The maximum Gasteiger partial charge on any atom is 0.320 e. The number of carboxylic acid groups (broad SMARTS) is 1. The number of rotatable bonds is 6. The summed E-state index contributed by atoms with van der Waals surface area (Å²) in [5, 5.41) is 9.14. The normalized spacial score (nSPS) is 18.2. The van der Waals surface area contributed by atoms with Gasteiger partial charge in [-0.15, -0.1) is 0 Å². The molecule has 0 aliphatic carbocycles. The monoisotopic (exact) mass is 306 g/mol. The fourth-order valence-corrected chi connectivity index (χ4v) is 2.68. The summed E-state index contributed by atoms with van der Waals surface area (Å²) in [5.41, 5.74) is 1.01. The van der Waals surface area contributed by atoms with Crippen molar-refractivity contribution >= 4 is 11.9 Å². The number of carbonyl (C=O) groups excluding carboxylic acids is 1. The van der Waals surface area contributed by atoms with E-state index in [2.05, 4.69) is 0 Å². The Hall–Kier alpha value is -2.08. The molecule has 1 atom stereocenters. The van der Waals surface area contributed by atoms with E-state index in [1.807, 2.05) is 24.3 Å². The molecule has 0 bridgehead atoms. The van der Waals surface area contributed by atoms with Gasteiger partial charge in [-0.05, 0) is 37.1 Å². The van der Waals surface area contributed by atoms with Crippen LogP contribution in [0.25, 0.3) is 0 Å². The van der Waals surface area contributed by atoms with Crippen LogP contribution in [-0.2, 0) is 16.1 Å². The van der Waals surface area contributed by atoms with Crippen molar-refractivity contribution in [2.75, 3.05) is 27.2 Å². The van der Waals surface area contributed by atoms with Crippen LogP contribution in [0.15, 0.2) is 24.3 Å². The average molecular weight is 306 g/mol. The van der Waals surface area contributed by atoms with Crippen molar-refractivity contribution in [3.05, 3.63) is 29.8 Å². The number of ether oxygens (including phenoxy) is 1. The van der Waals surface area contributed by atoms with Gasteiger partial charge in [0.15, 0.2) is 0 Å². The smallest absolute Gasteiger partial charge is 0.320 e. The van der Waals surface area contributed by atoms with Crippen LogP contribution in [0.3, 0.4) is 0 Å². The molecule has 120 valence electrons. The summed E-state index contributed by atoms with van der Waals surface area (Å²) < 4.78 is 5.10. The first kappa shape index (κ1) is 16.3. The number of methoxy groups -OCH3 is 1. The number of benzene rings is 1. The van der Waals surface area contributed by atoms with Crippen LogP contribution in [0.1, 0.15) is 18.4 Å². The molecule has 1 amide bonds. The third-order valence-corrected chi connectivity index (χ3v) is 3.99. The average Bonchev–Trinajstić information content (AvgIpc) is 2.96. The molecule has 1 aromatic carbocycles. The van der Waals surface area contributed by atoms with Gasteiger partial charge in [0.2, 0.25) is 5.91 Å². The first-order valence-corrected chi connectivity index (χ1v) is 7.35. The molecule has 1 aromatic rings. The Bertz CT molecular complexity index is 529. The largest absolute Gasteiger partial charge is 0.497 e. The van der Waals surface area contributed by atoms with Crippen LogP contribution in [0.4, 0.5) is 0 Å². The van der Waals surface area contributed by atoms with E-state index in [1.165, 1.54) is 0 Å². The molecule has 1 fully saturated rings. The van der Waals surface area contributed by atoms with E-state index >= 15 is 0 Å². The van der Waals surface area contributed by atoms with Crippen molar-refractivity contribution in [3.63, 3.8) is 0 Å². The molecule has 1 aliphatic heterocycles. The third kappa shape index (κ3) is 3.98. The molecular formula is C16H22N2O4. The Kier molecular flexibility index (Phi) is 5.38. The van der Waals surface area contributed by atoms with Crippen molar-refractivity contribution in [1.29, 1.82) is 0 Å². The summed E-state index contributed by atoms with van der Waals surface area (Å²) in [6, 6.07) is 7.01. The molecule has 1 heterocycles. The van der Waals surface area contributed by atoms with Gasteiger partial charge in [0.1, 0.15) is 11.8 Å². The highest BCUT2D eigenvalue weighted by Gasteiger charge is 2.32. The van der Waals surface area contributed by atoms with E-state index in [0.717, 1.165) is 17.7 Å². The summed E-state index contributed by atoms with van der Waals surface area (Å²) in [7, 11) is 3.35. The zero-order valence-electron chi connectivity index (χ0n) is 13.0. The minimum absolute atomic E-state index is 0.0658. The maximum atomic E-state index is 12.3. The van der Waals surface area contributed by atoms with Gasteiger partial charge in [-0.2, -0.15) is 0 Å². The summed E-state index contributed by atoms with van der Waals surface area (Å²) in [5.74, 6) is -0.133. The predicted octanol–water partition coefficient (Wildman–Crippen LogP) is 1.20. The topological polar surface area (TPSA) is 70.1 Å². The van der Waals surface area contributed by atoms with Crippen LogP contribution in [0, 0.1) is 0 Å². The Morgan fingerprint density at radius 3 is 2.64 bits per heavy atom. The SMILES string of the molecule is COc1ccc(CN(C)C(=O)CN2CCCC2C(=O)O)cc1. The molecule has 1 N–H and O–H groups in total. The lowest BCUT2D eigenvalue weighted by Crippen LogP contribution is -2.43. The van der Waals surface area contributed by atoms with E-state index < -0.39 is 12.0 Å². The molecule has 6 heteroatoms. The lowest BCUT2D eigenvalue weighted by molar-refractivity contribution is -0.143. The Morgan fingerprint density at radius 1 is 1.36 bits per heavy atom. The quantitative estimate of drug-likeness (QED) is 0.855. The molecule has 1 saturated heterocycles. The first-order chi connectivity index (χ1) is 10.5. The molecule has 2 rings (SSSR count). The van der Waals surface area contributed by atoms with Crippen LogP contribution in [0.2, 0.25) is 0 Å². The summed E-state index contributed by atoms with van der Waals surface area (Å²) in [6.07, 6.45) is 1.44. The minimum atomic E-state index is -0.844. The molecule has 0 saturated carbocycles. The Labute approximate surface area is 130 Å². The number of hydrogen-bond donors (Lipinski definition) is 1. The fraction of sp³-hybridized carbons (Fsp3) is 0.500. The number of aliphatic carboxylic acids is 1. The Balaban J connectivity index is 1.90. The Morgan fingerprint density at radius 2 is 2.05 bits per heavy atom. The first-order valence-electron chi connectivity index (χ1n) is 7.35. The van der Waals surface area contributed by atoms with Gasteiger partial charge in [-0.1, -0.05) is 12.1 Å². The highest BCUT2D eigenvalue weighted by atomic mass is 16.5. The zero-order chi connectivity index (χ0) is 16.1. The van der Waals surface area contributed by atoms with Crippen LogP contribution < -0.4 is 4.74 Å². The van der Waals surface area contributed by atoms with Crippen molar-refractivity contribution < 1.29 is 19.4 Å². The van der Waals surface area contributed by atoms with Crippen molar-refractivity contribution in [3.8, 4) is 5.75 Å². The van der Waals surface area contributed by atoms with Gasteiger partial charge >= 0.3 is 5.97 Å². The number of hydrogen-bond acceptors (Lipinski definition) is 4. The van der Waals surface area contributed by atoms with Crippen molar-refractivity contribution in [2.24, 2.45) is 0 Å².